The van der Waals surface area contributed by atoms with Gasteiger partial charge in [0, 0.05) is 16.9 Å². The van der Waals surface area contributed by atoms with Crippen LogP contribution in [0.2, 0.25) is 0 Å². The van der Waals surface area contributed by atoms with Crippen LogP contribution >= 0.6 is 0 Å². The van der Waals surface area contributed by atoms with E-state index in [-0.39, 0.29) is 5.56 Å². The first-order valence-electron chi connectivity index (χ1n) is 10.0. The Morgan fingerprint density at radius 1 is 0.706 bits per heavy atom. The van der Waals surface area contributed by atoms with Gasteiger partial charge in [0.2, 0.25) is 5.82 Å². The molecule has 34 heavy (non-hydrogen) atoms. The number of rotatable bonds is 4. The maximum Gasteiger partial charge on any atom is 0.278 e. The van der Waals surface area contributed by atoms with Gasteiger partial charge in [0.25, 0.3) is 11.8 Å². The smallest absolute Gasteiger partial charge is 0.278 e. The molecule has 0 heterocycles. The fraction of sp³-hybridized carbons (Fsp3) is 0.167. The monoisotopic (exact) mass is 477 g/mol. The van der Waals surface area contributed by atoms with Gasteiger partial charge >= 0.3 is 0 Å². The second kappa shape index (κ2) is 9.50. The number of carbonyl (C=O) groups is 2. The third kappa shape index (κ3) is 5.00. The number of amides is 2. The summed E-state index contributed by atoms with van der Waals surface area (Å²) < 4.78 is 69.0. The molecule has 0 fully saturated rings. The Morgan fingerprint density at radius 2 is 1.18 bits per heavy atom. The second-order valence-corrected chi connectivity index (χ2v) is 8.27. The summed E-state index contributed by atoms with van der Waals surface area (Å²) in [5, 5.41) is 3.64. The normalized spacial score (nSPS) is 11.2. The number of para-hydroxylation sites is 1. The Hall–Kier alpha value is -3.95. The largest absolute Gasteiger partial charge is 0.356 e. The molecule has 3 aromatic carbocycles. The predicted molar refractivity (Wildman–Crippen MR) is 116 cm³/mol. The van der Waals surface area contributed by atoms with Gasteiger partial charge in [0.15, 0.2) is 23.3 Å². The minimum Gasteiger partial charge on any atom is -0.356 e. The maximum absolute atomic E-state index is 14.2. The molecule has 0 spiro atoms. The molecule has 0 atom stereocenters. The highest BCUT2D eigenvalue weighted by molar-refractivity contribution is 6.00. The van der Waals surface area contributed by atoms with Crippen molar-refractivity contribution in [2.45, 2.75) is 26.3 Å². The van der Waals surface area contributed by atoms with Crippen molar-refractivity contribution in [2.75, 3.05) is 5.32 Å². The van der Waals surface area contributed by atoms with E-state index in [1.54, 1.807) is 12.1 Å². The first-order chi connectivity index (χ1) is 15.9. The minimum absolute atomic E-state index is 0.0815. The summed E-state index contributed by atoms with van der Waals surface area (Å²) in [7, 11) is 0. The highest BCUT2D eigenvalue weighted by atomic mass is 19.2. The Bertz CT molecular complexity index is 1200. The number of nitrogens with zero attached hydrogens (tertiary/aromatic N) is 1. The van der Waals surface area contributed by atoms with Crippen molar-refractivity contribution in [3.63, 3.8) is 0 Å². The molecular formula is C24H20F5N3O2. The van der Waals surface area contributed by atoms with Gasteiger partial charge in [-0.15, -0.1) is 0 Å². The number of halogens is 5. The van der Waals surface area contributed by atoms with E-state index in [1.807, 2.05) is 30.3 Å². The summed E-state index contributed by atoms with van der Waals surface area (Å²) in [6, 6.07) is 15.3. The van der Waals surface area contributed by atoms with Crippen molar-refractivity contribution < 1.29 is 31.5 Å². The molecule has 0 radical (unpaired) electrons. The molecule has 0 aliphatic carbocycles. The third-order valence-corrected chi connectivity index (χ3v) is 4.72. The summed E-state index contributed by atoms with van der Waals surface area (Å²) in [6.45, 7) is 4.22. The molecule has 0 bridgehead atoms. The van der Waals surface area contributed by atoms with Gasteiger partial charge in [0.1, 0.15) is 5.56 Å². The van der Waals surface area contributed by atoms with Crippen molar-refractivity contribution in [3.05, 3.63) is 94.8 Å². The van der Waals surface area contributed by atoms with Crippen LogP contribution in [0.15, 0.2) is 54.6 Å². The Morgan fingerprint density at radius 3 is 1.68 bits per heavy atom. The van der Waals surface area contributed by atoms with Gasteiger partial charge in [0.05, 0.1) is 5.54 Å². The van der Waals surface area contributed by atoms with Crippen LogP contribution in [0, 0.1) is 29.1 Å². The van der Waals surface area contributed by atoms with E-state index in [0.29, 0.717) is 10.7 Å². The lowest BCUT2D eigenvalue weighted by atomic mass is 10.1. The van der Waals surface area contributed by atoms with Crippen molar-refractivity contribution in [2.24, 2.45) is 0 Å². The lowest BCUT2D eigenvalue weighted by Crippen LogP contribution is -2.56. The molecule has 0 unspecified atom stereocenters. The molecule has 0 aromatic heterocycles. The van der Waals surface area contributed by atoms with Gasteiger partial charge in [-0.1, -0.05) is 18.2 Å². The zero-order valence-corrected chi connectivity index (χ0v) is 18.3. The lowest BCUT2D eigenvalue weighted by Gasteiger charge is -2.35. The fourth-order valence-electron chi connectivity index (χ4n) is 2.99. The number of nitrogens with one attached hydrogen (secondary N) is 2. The molecule has 2 N–H and O–H groups in total. The minimum atomic E-state index is -2.39. The van der Waals surface area contributed by atoms with Crippen LogP contribution in [0.4, 0.5) is 33.3 Å². The predicted octanol–water partition coefficient (Wildman–Crippen LogP) is 5.71. The highest BCUT2D eigenvalue weighted by Crippen LogP contribution is 2.26. The van der Waals surface area contributed by atoms with E-state index in [1.165, 1.54) is 32.9 Å². The molecule has 2 amide bonds. The van der Waals surface area contributed by atoms with Crippen LogP contribution in [-0.2, 0) is 0 Å². The maximum atomic E-state index is 14.2. The van der Waals surface area contributed by atoms with Crippen LogP contribution in [0.25, 0.3) is 0 Å². The molecule has 0 aliphatic heterocycles. The van der Waals surface area contributed by atoms with E-state index in [0.717, 1.165) is 5.69 Å². The Balaban J connectivity index is 1.86. The number of hydrazine groups is 1. The van der Waals surface area contributed by atoms with Crippen molar-refractivity contribution in [1.29, 1.82) is 0 Å². The number of hydrogen-bond acceptors (Lipinski definition) is 3. The van der Waals surface area contributed by atoms with Gasteiger partial charge in [-0.05, 0) is 57.2 Å². The van der Waals surface area contributed by atoms with Gasteiger partial charge < -0.3 is 5.32 Å². The number of carbonyl (C=O) groups excluding carboxylic acids is 2. The topological polar surface area (TPSA) is 61.4 Å². The van der Waals surface area contributed by atoms with Crippen LogP contribution in [-0.4, -0.2) is 22.4 Å². The quantitative estimate of drug-likeness (QED) is 0.219. The summed E-state index contributed by atoms with van der Waals surface area (Å²) in [5.41, 5.74) is 0.793. The first kappa shape index (κ1) is 24.7. The van der Waals surface area contributed by atoms with Gasteiger partial charge in [-0.3, -0.25) is 15.0 Å². The van der Waals surface area contributed by atoms with Gasteiger partial charge in [-0.25, -0.2) is 27.0 Å². The average Bonchev–Trinajstić information content (AvgIpc) is 2.80. The van der Waals surface area contributed by atoms with Crippen LogP contribution in [0.3, 0.4) is 0 Å². The molecule has 0 saturated carbocycles. The number of anilines is 2. The summed E-state index contributed by atoms with van der Waals surface area (Å²) in [5.74, 6) is -13.9. The van der Waals surface area contributed by atoms with Crippen LogP contribution in [0.1, 0.15) is 41.5 Å². The number of benzene rings is 3. The summed E-state index contributed by atoms with van der Waals surface area (Å²) >= 11 is 0. The first-order valence-corrected chi connectivity index (χ1v) is 10.0. The van der Waals surface area contributed by atoms with Gasteiger partial charge in [-0.2, -0.15) is 0 Å². The zero-order valence-electron chi connectivity index (χ0n) is 18.3. The van der Waals surface area contributed by atoms with Crippen molar-refractivity contribution in [1.82, 2.24) is 10.4 Å². The highest BCUT2D eigenvalue weighted by Gasteiger charge is 2.37. The Labute approximate surface area is 192 Å². The standard InChI is InChI=1S/C24H20F5N3O2/c1-24(2,3)32(23(34)16-17(25)19(27)21(29)20(28)18(16)26)31-22(33)13-9-11-15(12-10-13)30-14-7-5-4-6-8-14/h4-12,30H,1-3H3,(H,31,33). The number of hydrogen-bond donors (Lipinski definition) is 2. The molecule has 3 aromatic rings. The Kier molecular flexibility index (Phi) is 6.90. The van der Waals surface area contributed by atoms with E-state index in [4.69, 9.17) is 0 Å². The van der Waals surface area contributed by atoms with Crippen LogP contribution < -0.4 is 10.7 Å². The van der Waals surface area contributed by atoms with E-state index < -0.39 is 52.0 Å². The molecule has 0 aliphatic rings. The molecule has 5 nitrogen and oxygen atoms in total. The zero-order chi connectivity index (χ0) is 25.2. The second-order valence-electron chi connectivity index (χ2n) is 8.27. The van der Waals surface area contributed by atoms with E-state index >= 15 is 0 Å². The molecule has 178 valence electrons. The molecule has 10 heteroatoms. The molecule has 0 saturated heterocycles. The third-order valence-electron chi connectivity index (χ3n) is 4.72. The lowest BCUT2D eigenvalue weighted by molar-refractivity contribution is 0.0348. The average molecular weight is 477 g/mol. The molecule has 3 rings (SSSR count). The SMILES string of the molecule is CC(C)(C)N(NC(=O)c1ccc(Nc2ccccc2)cc1)C(=O)c1c(F)c(F)c(F)c(F)c1F. The van der Waals surface area contributed by atoms with Crippen molar-refractivity contribution in [3.8, 4) is 0 Å². The summed E-state index contributed by atoms with van der Waals surface area (Å²) in [4.78, 5) is 25.6. The van der Waals surface area contributed by atoms with E-state index in [9.17, 15) is 31.5 Å². The summed E-state index contributed by atoms with van der Waals surface area (Å²) in [6.07, 6.45) is 0. The van der Waals surface area contributed by atoms with Crippen LogP contribution in [0.5, 0.6) is 0 Å². The molecular weight excluding hydrogens is 457 g/mol. The fourth-order valence-corrected chi connectivity index (χ4v) is 2.99. The van der Waals surface area contributed by atoms with E-state index in [2.05, 4.69) is 10.7 Å². The van der Waals surface area contributed by atoms with Crippen molar-refractivity contribution >= 4 is 23.2 Å².